The molecule has 0 fully saturated rings. The number of aromatic hydroxyl groups is 1. The average molecular weight is 421 g/mol. The van der Waals surface area contributed by atoms with Crippen molar-refractivity contribution in [2.24, 2.45) is 0 Å². The largest absolute Gasteiger partial charge is 0.504 e. The highest BCUT2D eigenvalue weighted by Crippen LogP contribution is 2.31. The molecule has 0 aliphatic heterocycles. The zero-order chi connectivity index (χ0) is 20.4. The van der Waals surface area contributed by atoms with Crippen molar-refractivity contribution >= 4 is 50.2 Å². The number of hydrogen-bond donors (Lipinski definition) is 2. The summed E-state index contributed by atoms with van der Waals surface area (Å²) in [7, 11) is 1.45. The molecule has 0 radical (unpaired) electrons. The van der Waals surface area contributed by atoms with Crippen molar-refractivity contribution in [3.8, 4) is 11.5 Å². The summed E-state index contributed by atoms with van der Waals surface area (Å²) in [5, 5.41) is 10.4. The van der Waals surface area contributed by atoms with E-state index in [2.05, 4.69) is 9.97 Å². The molecule has 0 atom stereocenters. The molecule has 2 heterocycles. The molecule has 0 saturated heterocycles. The summed E-state index contributed by atoms with van der Waals surface area (Å²) in [6.45, 7) is 3.63. The zero-order valence-corrected chi connectivity index (χ0v) is 16.9. The molecule has 9 heteroatoms. The fourth-order valence-corrected chi connectivity index (χ4v) is 3.95. The van der Waals surface area contributed by atoms with Gasteiger partial charge in [-0.05, 0) is 43.2 Å². The molecule has 0 aliphatic rings. The van der Waals surface area contributed by atoms with Crippen LogP contribution < -0.4 is 10.3 Å². The van der Waals surface area contributed by atoms with Crippen molar-refractivity contribution in [2.75, 3.05) is 13.7 Å². The first kappa shape index (κ1) is 19.9. The van der Waals surface area contributed by atoms with Gasteiger partial charge in [0.1, 0.15) is 9.71 Å². The number of benzene rings is 1. The number of nitrogens with zero attached hydrogens (tertiary/aromatic N) is 1. The molecule has 0 aliphatic carbocycles. The third-order valence-corrected chi connectivity index (χ3v) is 5.44. The molecule has 0 amide bonds. The standard InChI is InChI=1S/C19H17ClN2O5S/c1-4-27-19(25)15-9(2)14-17(24)21-16(22-18(14)28-15)11(20)7-10-5-6-13(26-3)12(23)8-10/h5-8,23H,4H2,1-3H3,(H,21,22,24)/b11-7-. The maximum absolute atomic E-state index is 12.5. The first-order chi connectivity index (χ1) is 13.3. The molecule has 28 heavy (non-hydrogen) atoms. The molecule has 3 rings (SSSR count). The number of aromatic amines is 1. The zero-order valence-electron chi connectivity index (χ0n) is 15.3. The van der Waals surface area contributed by atoms with E-state index < -0.39 is 11.5 Å². The van der Waals surface area contributed by atoms with Gasteiger partial charge in [-0.3, -0.25) is 4.79 Å². The topological polar surface area (TPSA) is 102 Å². The third-order valence-electron chi connectivity index (χ3n) is 3.98. The number of thiophene rings is 1. The van der Waals surface area contributed by atoms with Gasteiger partial charge in [0.25, 0.3) is 5.56 Å². The van der Waals surface area contributed by atoms with Gasteiger partial charge in [-0.2, -0.15) is 0 Å². The Morgan fingerprint density at radius 2 is 2.18 bits per heavy atom. The summed E-state index contributed by atoms with van der Waals surface area (Å²) < 4.78 is 10.0. The SMILES string of the molecule is CCOC(=O)c1sc2nc(/C(Cl)=C/c3ccc(OC)c(O)c3)[nH]c(=O)c2c1C. The Morgan fingerprint density at radius 3 is 2.82 bits per heavy atom. The number of halogens is 1. The number of esters is 1. The first-order valence-electron chi connectivity index (χ1n) is 8.30. The molecule has 0 bridgehead atoms. The van der Waals surface area contributed by atoms with Crippen molar-refractivity contribution in [3.63, 3.8) is 0 Å². The van der Waals surface area contributed by atoms with Crippen molar-refractivity contribution in [2.45, 2.75) is 13.8 Å². The van der Waals surface area contributed by atoms with Crippen molar-refractivity contribution in [1.82, 2.24) is 9.97 Å². The predicted octanol–water partition coefficient (Wildman–Crippen LogP) is 3.92. The molecule has 1 aromatic carbocycles. The number of rotatable bonds is 5. The van der Waals surface area contributed by atoms with Crippen LogP contribution in [0.1, 0.15) is 33.5 Å². The Kier molecular flexibility index (Phi) is 5.71. The molecular formula is C19H17ClN2O5S. The number of aryl methyl sites for hydroxylation is 1. The lowest BCUT2D eigenvalue weighted by Crippen LogP contribution is -2.10. The van der Waals surface area contributed by atoms with Gasteiger partial charge >= 0.3 is 5.97 Å². The number of carbonyl (C=O) groups is 1. The maximum atomic E-state index is 12.5. The minimum Gasteiger partial charge on any atom is -0.504 e. The summed E-state index contributed by atoms with van der Waals surface area (Å²) in [4.78, 5) is 32.3. The summed E-state index contributed by atoms with van der Waals surface area (Å²) in [5.41, 5.74) is 0.730. The Balaban J connectivity index is 2.05. The van der Waals surface area contributed by atoms with Crippen LogP contribution in [0.2, 0.25) is 0 Å². The number of aromatic nitrogens is 2. The van der Waals surface area contributed by atoms with Gasteiger partial charge in [0.15, 0.2) is 17.3 Å². The van der Waals surface area contributed by atoms with Gasteiger partial charge in [0.05, 0.1) is 24.1 Å². The third kappa shape index (κ3) is 3.74. The summed E-state index contributed by atoms with van der Waals surface area (Å²) in [6, 6.07) is 4.77. The van der Waals surface area contributed by atoms with Gasteiger partial charge in [0.2, 0.25) is 0 Å². The summed E-state index contributed by atoms with van der Waals surface area (Å²) in [5.74, 6) is -0.0298. The smallest absolute Gasteiger partial charge is 0.348 e. The number of nitrogens with one attached hydrogen (secondary N) is 1. The van der Waals surface area contributed by atoms with Crippen LogP contribution in [0, 0.1) is 6.92 Å². The predicted molar refractivity (Wildman–Crippen MR) is 109 cm³/mol. The summed E-state index contributed by atoms with van der Waals surface area (Å²) >= 11 is 7.41. The second-order valence-electron chi connectivity index (χ2n) is 5.79. The maximum Gasteiger partial charge on any atom is 0.348 e. The fourth-order valence-electron chi connectivity index (χ4n) is 2.66. The fraction of sp³-hybridized carbons (Fsp3) is 0.211. The van der Waals surface area contributed by atoms with Gasteiger partial charge in [-0.15, -0.1) is 11.3 Å². The van der Waals surface area contributed by atoms with Gasteiger partial charge in [-0.1, -0.05) is 17.7 Å². The normalized spacial score (nSPS) is 11.6. The van der Waals surface area contributed by atoms with E-state index in [1.54, 1.807) is 32.1 Å². The number of ether oxygens (including phenoxy) is 2. The van der Waals surface area contributed by atoms with Crippen molar-refractivity contribution in [3.05, 3.63) is 50.4 Å². The van der Waals surface area contributed by atoms with Gasteiger partial charge in [-0.25, -0.2) is 9.78 Å². The number of fused-ring (bicyclic) bond motifs is 1. The van der Waals surface area contributed by atoms with Crippen LogP contribution in [0.4, 0.5) is 0 Å². The van der Waals surface area contributed by atoms with E-state index in [-0.39, 0.29) is 23.2 Å². The molecule has 3 aromatic rings. The highest BCUT2D eigenvalue weighted by Gasteiger charge is 2.20. The quantitative estimate of drug-likeness (QED) is 0.606. The van der Waals surface area contributed by atoms with Crippen molar-refractivity contribution in [1.29, 1.82) is 0 Å². The Labute approximate surface area is 169 Å². The second kappa shape index (κ2) is 8.04. The number of H-pyrrole nitrogens is 1. The van der Waals surface area contributed by atoms with Crippen LogP contribution in [0.5, 0.6) is 11.5 Å². The second-order valence-corrected chi connectivity index (χ2v) is 7.20. The number of methoxy groups -OCH3 is 1. The van der Waals surface area contributed by atoms with E-state index in [0.717, 1.165) is 11.3 Å². The lowest BCUT2D eigenvalue weighted by molar-refractivity contribution is 0.0531. The monoisotopic (exact) mass is 420 g/mol. The van der Waals surface area contributed by atoms with Crippen LogP contribution >= 0.6 is 22.9 Å². The van der Waals surface area contributed by atoms with E-state index in [9.17, 15) is 14.7 Å². The Morgan fingerprint density at radius 1 is 1.43 bits per heavy atom. The van der Waals surface area contributed by atoms with E-state index >= 15 is 0 Å². The molecule has 0 saturated carbocycles. The first-order valence-corrected chi connectivity index (χ1v) is 9.50. The minimum atomic E-state index is -0.487. The Hall–Kier alpha value is -2.84. The van der Waals surface area contributed by atoms with E-state index in [1.165, 1.54) is 13.2 Å². The van der Waals surface area contributed by atoms with Crippen LogP contribution in [0.3, 0.4) is 0 Å². The van der Waals surface area contributed by atoms with Crippen molar-refractivity contribution < 1.29 is 19.4 Å². The average Bonchev–Trinajstić information content (AvgIpc) is 2.99. The van der Waals surface area contributed by atoms with Crippen LogP contribution in [-0.2, 0) is 4.74 Å². The van der Waals surface area contributed by atoms with Gasteiger partial charge < -0.3 is 19.6 Å². The number of hydrogen-bond acceptors (Lipinski definition) is 7. The van der Waals surface area contributed by atoms with Crippen LogP contribution in [0.15, 0.2) is 23.0 Å². The molecule has 146 valence electrons. The molecule has 7 nitrogen and oxygen atoms in total. The molecule has 0 spiro atoms. The molecular weight excluding hydrogens is 404 g/mol. The lowest BCUT2D eigenvalue weighted by atomic mass is 10.2. The van der Waals surface area contributed by atoms with E-state index in [4.69, 9.17) is 21.1 Å². The van der Waals surface area contributed by atoms with Gasteiger partial charge in [0, 0.05) is 0 Å². The highest BCUT2D eigenvalue weighted by atomic mass is 35.5. The molecule has 2 N–H and O–H groups in total. The van der Waals surface area contributed by atoms with E-state index in [0.29, 0.717) is 32.0 Å². The highest BCUT2D eigenvalue weighted by molar-refractivity contribution is 7.20. The Bertz CT molecular complexity index is 1150. The van der Waals surface area contributed by atoms with E-state index in [1.807, 2.05) is 0 Å². The number of carbonyl (C=O) groups excluding carboxylic acids is 1. The number of phenols is 1. The molecule has 2 aromatic heterocycles. The number of phenolic OH excluding ortho intramolecular Hbond substituents is 1. The lowest BCUT2D eigenvalue weighted by Gasteiger charge is -2.04. The minimum absolute atomic E-state index is 0.0365. The molecule has 0 unspecified atom stereocenters. The summed E-state index contributed by atoms with van der Waals surface area (Å²) in [6.07, 6.45) is 1.55. The van der Waals surface area contributed by atoms with Crippen LogP contribution in [-0.4, -0.2) is 34.8 Å². The van der Waals surface area contributed by atoms with Crippen LogP contribution in [0.25, 0.3) is 21.3 Å².